The molecule has 0 saturated carbocycles. The number of amides is 1. The molecule has 0 aliphatic carbocycles. The van der Waals surface area contributed by atoms with Crippen molar-refractivity contribution in [2.45, 2.75) is 59.2 Å². The number of fused-ring (bicyclic) bond motifs is 1. The zero-order valence-corrected chi connectivity index (χ0v) is 17.9. The van der Waals surface area contributed by atoms with Crippen LogP contribution in [0.3, 0.4) is 0 Å². The van der Waals surface area contributed by atoms with E-state index in [0.29, 0.717) is 19.0 Å². The number of rotatable bonds is 7. The maximum absolute atomic E-state index is 12.4. The summed E-state index contributed by atoms with van der Waals surface area (Å²) >= 11 is 0. The molecule has 1 heterocycles. The smallest absolute Gasteiger partial charge is 0.223 e. The number of benzene rings is 1. The van der Waals surface area contributed by atoms with Gasteiger partial charge in [-0.15, -0.1) is 24.0 Å². The summed E-state index contributed by atoms with van der Waals surface area (Å²) in [6.07, 6.45) is 2.39. The highest BCUT2D eigenvalue weighted by molar-refractivity contribution is 14.0. The molecule has 1 aromatic carbocycles. The minimum absolute atomic E-state index is 0. The number of nitrogens with zero attached hydrogens (tertiary/aromatic N) is 2. The Labute approximate surface area is 168 Å². The number of aliphatic imine (C=N–C) groups is 1. The van der Waals surface area contributed by atoms with Gasteiger partial charge in [0.1, 0.15) is 0 Å². The second kappa shape index (κ2) is 11.3. The Morgan fingerprint density at radius 3 is 2.44 bits per heavy atom. The van der Waals surface area contributed by atoms with Crippen molar-refractivity contribution in [2.24, 2.45) is 4.99 Å². The highest BCUT2D eigenvalue weighted by atomic mass is 127. The number of hydrogen-bond acceptors (Lipinski definition) is 2. The van der Waals surface area contributed by atoms with Crippen molar-refractivity contribution in [3.63, 3.8) is 0 Å². The predicted molar refractivity (Wildman–Crippen MR) is 114 cm³/mol. The molecule has 2 N–H and O–H groups in total. The third-order valence-corrected chi connectivity index (χ3v) is 4.35. The monoisotopic (exact) mass is 458 g/mol. The van der Waals surface area contributed by atoms with Crippen molar-refractivity contribution in [1.82, 2.24) is 15.5 Å². The molecule has 1 aromatic rings. The second-order valence-electron chi connectivity index (χ2n) is 6.34. The van der Waals surface area contributed by atoms with Crippen molar-refractivity contribution >= 4 is 35.8 Å². The maximum Gasteiger partial charge on any atom is 0.223 e. The van der Waals surface area contributed by atoms with Gasteiger partial charge in [-0.1, -0.05) is 31.2 Å². The summed E-state index contributed by atoms with van der Waals surface area (Å²) in [5.41, 5.74) is 2.55. The summed E-state index contributed by atoms with van der Waals surface area (Å²) < 4.78 is 0. The molecule has 1 aliphatic rings. The third-order valence-electron chi connectivity index (χ3n) is 4.35. The van der Waals surface area contributed by atoms with E-state index in [1.165, 1.54) is 11.1 Å². The van der Waals surface area contributed by atoms with Crippen molar-refractivity contribution in [3.05, 3.63) is 35.4 Å². The second-order valence-corrected chi connectivity index (χ2v) is 6.34. The average Bonchev–Trinajstić information content (AvgIpc) is 3.02. The quantitative estimate of drug-likeness (QED) is 0.286. The van der Waals surface area contributed by atoms with Crippen LogP contribution in [0, 0.1) is 0 Å². The Morgan fingerprint density at radius 2 is 1.88 bits per heavy atom. The lowest BCUT2D eigenvalue weighted by Crippen LogP contribution is -2.42. The van der Waals surface area contributed by atoms with E-state index in [1.807, 2.05) is 17.0 Å². The highest BCUT2D eigenvalue weighted by Crippen LogP contribution is 2.22. The van der Waals surface area contributed by atoms with Crippen LogP contribution in [0.2, 0.25) is 0 Å². The Kier molecular flexibility index (Phi) is 9.85. The summed E-state index contributed by atoms with van der Waals surface area (Å²) in [5.74, 6) is 1.06. The fourth-order valence-corrected chi connectivity index (χ4v) is 2.74. The molecule has 1 atom stereocenters. The number of carbonyl (C=O) groups excluding carboxylic acids is 1. The predicted octanol–water partition coefficient (Wildman–Crippen LogP) is 3.28. The average molecular weight is 458 g/mol. The van der Waals surface area contributed by atoms with Crippen LogP contribution in [-0.4, -0.2) is 35.9 Å². The first-order valence-corrected chi connectivity index (χ1v) is 9.03. The zero-order valence-electron chi connectivity index (χ0n) is 15.5. The van der Waals surface area contributed by atoms with Crippen LogP contribution in [0.25, 0.3) is 0 Å². The van der Waals surface area contributed by atoms with E-state index in [1.54, 1.807) is 0 Å². The molecule has 0 radical (unpaired) electrons. The molecule has 140 valence electrons. The van der Waals surface area contributed by atoms with Crippen LogP contribution in [0.5, 0.6) is 0 Å². The molecule has 1 aliphatic heterocycles. The van der Waals surface area contributed by atoms with Crippen LogP contribution in [0.4, 0.5) is 0 Å². The molecule has 0 saturated heterocycles. The van der Waals surface area contributed by atoms with Crippen LogP contribution >= 0.6 is 24.0 Å². The third kappa shape index (κ3) is 6.84. The minimum Gasteiger partial charge on any atom is -0.357 e. The molecule has 5 nitrogen and oxygen atoms in total. The van der Waals surface area contributed by atoms with Gasteiger partial charge in [-0.05, 0) is 37.8 Å². The van der Waals surface area contributed by atoms with Gasteiger partial charge >= 0.3 is 0 Å². The lowest BCUT2D eigenvalue weighted by atomic mass is 10.1. The molecule has 0 spiro atoms. The van der Waals surface area contributed by atoms with E-state index >= 15 is 0 Å². The first kappa shape index (κ1) is 21.7. The normalized spacial score (nSPS) is 14.5. The number of hydrogen-bond donors (Lipinski definition) is 2. The SMILES string of the molecule is CCNC(=NCCCC(=O)N1Cc2ccccc2C1)NC(C)CC.I. The fourth-order valence-electron chi connectivity index (χ4n) is 2.74. The molecule has 0 aromatic heterocycles. The first-order valence-electron chi connectivity index (χ1n) is 9.03. The largest absolute Gasteiger partial charge is 0.357 e. The molecular formula is C19H31IN4O. The van der Waals surface area contributed by atoms with Gasteiger partial charge in [-0.3, -0.25) is 9.79 Å². The van der Waals surface area contributed by atoms with E-state index in [9.17, 15) is 4.79 Å². The maximum atomic E-state index is 12.4. The molecule has 6 heteroatoms. The van der Waals surface area contributed by atoms with Crippen molar-refractivity contribution in [2.75, 3.05) is 13.1 Å². The Bertz CT molecular complexity index is 551. The highest BCUT2D eigenvalue weighted by Gasteiger charge is 2.22. The fraction of sp³-hybridized carbons (Fsp3) is 0.579. The lowest BCUT2D eigenvalue weighted by Gasteiger charge is -2.17. The van der Waals surface area contributed by atoms with Crippen LogP contribution in [0.1, 0.15) is 51.2 Å². The molecular weight excluding hydrogens is 427 g/mol. The summed E-state index contributed by atoms with van der Waals surface area (Å²) in [6, 6.07) is 8.68. The van der Waals surface area contributed by atoms with Gasteiger partial charge in [-0.2, -0.15) is 0 Å². The van der Waals surface area contributed by atoms with E-state index in [2.05, 4.69) is 48.5 Å². The van der Waals surface area contributed by atoms with Crippen molar-refractivity contribution < 1.29 is 4.79 Å². The van der Waals surface area contributed by atoms with Gasteiger partial charge in [0.2, 0.25) is 5.91 Å². The molecule has 0 bridgehead atoms. The molecule has 1 amide bonds. The van der Waals surface area contributed by atoms with Crippen LogP contribution in [-0.2, 0) is 17.9 Å². The van der Waals surface area contributed by atoms with Gasteiger partial charge in [0.05, 0.1) is 0 Å². The summed E-state index contributed by atoms with van der Waals surface area (Å²) in [4.78, 5) is 18.9. The molecule has 0 fully saturated rings. The lowest BCUT2D eigenvalue weighted by molar-refractivity contribution is -0.131. The van der Waals surface area contributed by atoms with Crippen LogP contribution < -0.4 is 10.6 Å². The Hall–Kier alpha value is -1.31. The Morgan fingerprint density at radius 1 is 1.24 bits per heavy atom. The number of halogens is 1. The summed E-state index contributed by atoms with van der Waals surface area (Å²) in [7, 11) is 0. The first-order chi connectivity index (χ1) is 11.6. The standard InChI is InChI=1S/C19H30N4O.HI/c1-4-15(3)22-19(20-5-2)21-12-8-11-18(24)23-13-16-9-6-7-10-17(16)14-23;/h6-7,9-10,15H,4-5,8,11-14H2,1-3H3,(H2,20,21,22);1H. The summed E-state index contributed by atoms with van der Waals surface area (Å²) in [5, 5.41) is 6.61. The van der Waals surface area contributed by atoms with E-state index in [4.69, 9.17) is 0 Å². The number of nitrogens with one attached hydrogen (secondary N) is 2. The van der Waals surface area contributed by atoms with Gasteiger partial charge in [0.15, 0.2) is 5.96 Å². The zero-order chi connectivity index (χ0) is 17.4. The molecule has 2 rings (SSSR count). The summed E-state index contributed by atoms with van der Waals surface area (Å²) in [6.45, 7) is 9.34. The van der Waals surface area contributed by atoms with Gasteiger partial charge in [-0.25, -0.2) is 0 Å². The Balaban J connectivity index is 0.00000312. The molecule has 1 unspecified atom stereocenters. The van der Waals surface area contributed by atoms with Crippen molar-refractivity contribution in [3.8, 4) is 0 Å². The molecule has 25 heavy (non-hydrogen) atoms. The van der Waals surface area contributed by atoms with E-state index in [0.717, 1.165) is 38.4 Å². The van der Waals surface area contributed by atoms with E-state index < -0.39 is 0 Å². The minimum atomic E-state index is 0. The van der Waals surface area contributed by atoms with E-state index in [-0.39, 0.29) is 29.9 Å². The number of guanidine groups is 1. The van der Waals surface area contributed by atoms with Gasteiger partial charge in [0.25, 0.3) is 0 Å². The topological polar surface area (TPSA) is 56.7 Å². The van der Waals surface area contributed by atoms with Crippen molar-refractivity contribution in [1.29, 1.82) is 0 Å². The number of carbonyl (C=O) groups is 1. The van der Waals surface area contributed by atoms with Gasteiger partial charge < -0.3 is 15.5 Å². The van der Waals surface area contributed by atoms with Crippen LogP contribution in [0.15, 0.2) is 29.3 Å². The van der Waals surface area contributed by atoms with Gasteiger partial charge in [0, 0.05) is 38.6 Å².